The van der Waals surface area contributed by atoms with Gasteiger partial charge in [-0.3, -0.25) is 0 Å². The van der Waals surface area contributed by atoms with Crippen LogP contribution in [0, 0.1) is 0 Å². The molecule has 3 nitrogen and oxygen atoms in total. The van der Waals surface area contributed by atoms with Crippen LogP contribution in [0.3, 0.4) is 0 Å². The van der Waals surface area contributed by atoms with Crippen LogP contribution in [0.1, 0.15) is 0 Å². The van der Waals surface area contributed by atoms with E-state index in [0.717, 1.165) is 7.11 Å². The first-order chi connectivity index (χ1) is 2.00. The van der Waals surface area contributed by atoms with Crippen LogP contribution in [0.4, 0.5) is 0 Å². The van der Waals surface area contributed by atoms with Crippen molar-refractivity contribution in [2.24, 2.45) is 5.90 Å². The first-order valence-corrected chi connectivity index (χ1v) is 0.666. The molecule has 27 valence electrons. The van der Waals surface area contributed by atoms with E-state index in [1.807, 2.05) is 0 Å². The van der Waals surface area contributed by atoms with E-state index in [-0.39, 0.29) is 0 Å². The predicted molar refractivity (Wildman–Crippen MR) is 12.6 cm³/mol. The van der Waals surface area contributed by atoms with E-state index >= 15 is 0 Å². The van der Waals surface area contributed by atoms with Crippen LogP contribution in [0.2, 0.25) is 0 Å². The molecule has 0 aromatic heterocycles. The minimum atomic E-state index is 0.750. The van der Waals surface area contributed by atoms with E-state index in [1.165, 1.54) is 0 Å². The minimum Gasteiger partial charge on any atom is -0.320 e. The van der Waals surface area contributed by atoms with Gasteiger partial charge in [0.15, 0.2) is 0 Å². The summed E-state index contributed by atoms with van der Waals surface area (Å²) in [6.07, 6.45) is 0. The number of hydrogen-bond donors (Lipinski definition) is 2. The molecule has 1 radical (unpaired) electrons. The quantitative estimate of drug-likeness (QED) is 0.369. The van der Waals surface area contributed by atoms with Crippen LogP contribution in [-0.4, -0.2) is 12.3 Å². The lowest BCUT2D eigenvalue weighted by Crippen LogP contribution is -1.72. The van der Waals surface area contributed by atoms with Crippen LogP contribution < -0.4 is 5.90 Å². The fourth-order valence-electron chi connectivity index (χ4n) is 0. The standard InChI is InChI=1S/CH3O.H3NO/c2*1-2/h1H3;2H,1H2. The van der Waals surface area contributed by atoms with E-state index in [0.29, 0.717) is 0 Å². The second-order valence-corrected chi connectivity index (χ2v) is 0. The van der Waals surface area contributed by atoms with Crippen molar-refractivity contribution in [1.29, 1.82) is 0 Å². The molecule has 0 aromatic rings. The molecule has 0 saturated heterocycles. The lowest BCUT2D eigenvalue weighted by Gasteiger charge is -1.27. The summed E-state index contributed by atoms with van der Waals surface area (Å²) in [5.74, 6) is 3.50. The number of nitrogens with two attached hydrogens (primary N) is 1. The summed E-state index contributed by atoms with van der Waals surface area (Å²) in [6.45, 7) is 0. The summed E-state index contributed by atoms with van der Waals surface area (Å²) in [5, 5.41) is 14.8. The van der Waals surface area contributed by atoms with Gasteiger partial charge in [-0.1, -0.05) is 0 Å². The largest absolute Gasteiger partial charge is 0.320 e. The number of rotatable bonds is 0. The van der Waals surface area contributed by atoms with Crippen molar-refractivity contribution in [3.63, 3.8) is 0 Å². The van der Waals surface area contributed by atoms with Crippen molar-refractivity contribution in [2.75, 3.05) is 7.11 Å². The van der Waals surface area contributed by atoms with Crippen molar-refractivity contribution in [3.8, 4) is 0 Å². The van der Waals surface area contributed by atoms with Gasteiger partial charge in [-0.05, 0) is 0 Å². The molecule has 3 heteroatoms. The van der Waals surface area contributed by atoms with Gasteiger partial charge in [0.2, 0.25) is 0 Å². The zero-order chi connectivity index (χ0) is 4.00. The lowest BCUT2D eigenvalue weighted by atomic mass is 11.8. The van der Waals surface area contributed by atoms with Gasteiger partial charge in [0.05, 0.1) is 7.11 Å². The van der Waals surface area contributed by atoms with E-state index in [9.17, 15) is 0 Å². The first kappa shape index (κ1) is 9.11. The lowest BCUT2D eigenvalue weighted by molar-refractivity contribution is 0.282. The molecular formula is CH6NO2. The monoisotopic (exact) mass is 64.0 g/mol. The molecule has 0 bridgehead atoms. The van der Waals surface area contributed by atoms with Crippen LogP contribution in [0.5, 0.6) is 0 Å². The highest BCUT2D eigenvalue weighted by atomic mass is 16.4. The SMILES string of the molecule is C[O].NO. The average molecular weight is 64.1 g/mol. The Hall–Kier alpha value is -0.120. The van der Waals surface area contributed by atoms with E-state index in [2.05, 4.69) is 5.90 Å². The topological polar surface area (TPSA) is 66.2 Å². The Bertz CT molecular complexity index is 6.00. The highest BCUT2D eigenvalue weighted by Crippen LogP contribution is 0.840. The molecule has 0 aliphatic rings. The van der Waals surface area contributed by atoms with E-state index in [1.54, 1.807) is 0 Å². The smallest absolute Gasteiger partial charge is 0.0712 e. The Kier molecular flexibility index (Phi) is 1610. The summed E-state index contributed by atoms with van der Waals surface area (Å²) < 4.78 is 0. The maximum Gasteiger partial charge on any atom is 0.0712 e. The van der Waals surface area contributed by atoms with Crippen LogP contribution in [-0.2, 0) is 5.11 Å². The van der Waals surface area contributed by atoms with Crippen molar-refractivity contribution in [1.82, 2.24) is 0 Å². The van der Waals surface area contributed by atoms with Crippen molar-refractivity contribution >= 4 is 0 Å². The van der Waals surface area contributed by atoms with Gasteiger partial charge in [-0.25, -0.2) is 11.0 Å². The van der Waals surface area contributed by atoms with E-state index < -0.39 is 0 Å². The van der Waals surface area contributed by atoms with Gasteiger partial charge in [-0.15, -0.1) is 0 Å². The van der Waals surface area contributed by atoms with Crippen LogP contribution in [0.15, 0.2) is 0 Å². The Labute approximate surface area is 24.6 Å². The van der Waals surface area contributed by atoms with Gasteiger partial charge in [0.1, 0.15) is 0 Å². The van der Waals surface area contributed by atoms with Crippen LogP contribution >= 0.6 is 0 Å². The molecule has 0 spiro atoms. The van der Waals surface area contributed by atoms with Gasteiger partial charge >= 0.3 is 0 Å². The molecule has 0 aromatic carbocycles. The molecule has 4 heavy (non-hydrogen) atoms. The fraction of sp³-hybridized carbons (Fsp3) is 1.00. The van der Waals surface area contributed by atoms with Crippen LogP contribution in [0.25, 0.3) is 0 Å². The van der Waals surface area contributed by atoms with Gasteiger partial charge in [0.25, 0.3) is 0 Å². The second-order valence-electron chi connectivity index (χ2n) is 0. The molecule has 0 aliphatic heterocycles. The first-order valence-electron chi connectivity index (χ1n) is 0.666. The predicted octanol–water partition coefficient (Wildman–Crippen LogP) is -0.619. The highest BCUT2D eigenvalue weighted by Gasteiger charge is 0.928. The van der Waals surface area contributed by atoms with E-state index in [4.69, 9.17) is 10.3 Å². The molecule has 0 unspecified atom stereocenters. The third-order valence-corrected chi connectivity index (χ3v) is 0. The second kappa shape index (κ2) is 707. The summed E-state index contributed by atoms with van der Waals surface area (Å²) in [6, 6.07) is 0. The molecule has 3 N–H and O–H groups in total. The third kappa shape index (κ3) is 101. The molecule has 0 fully saturated rings. The fourth-order valence-corrected chi connectivity index (χ4v) is 0. The Morgan fingerprint density at radius 3 is 1.50 bits per heavy atom. The number of hydrogen-bond acceptors (Lipinski definition) is 2. The molecule has 0 saturated carbocycles. The Morgan fingerprint density at radius 2 is 1.50 bits per heavy atom. The summed E-state index contributed by atoms with van der Waals surface area (Å²) in [5.41, 5.74) is 0. The normalized spacial score (nSPS) is 3.00. The van der Waals surface area contributed by atoms with Crippen molar-refractivity contribution in [2.45, 2.75) is 0 Å². The Balaban J connectivity index is 0. The Morgan fingerprint density at radius 1 is 1.50 bits per heavy atom. The van der Waals surface area contributed by atoms with Gasteiger partial charge in [0, 0.05) is 0 Å². The molecule has 0 amide bonds. The molecular weight excluding hydrogens is 58.0 g/mol. The third-order valence-electron chi connectivity index (χ3n) is 0. The van der Waals surface area contributed by atoms with Gasteiger partial charge < -0.3 is 5.21 Å². The summed E-state index contributed by atoms with van der Waals surface area (Å²) in [7, 11) is 0.750. The summed E-state index contributed by atoms with van der Waals surface area (Å²) in [4.78, 5) is 0. The molecule has 0 aliphatic carbocycles. The molecule has 0 rings (SSSR count). The minimum absolute atomic E-state index is 0.750. The summed E-state index contributed by atoms with van der Waals surface area (Å²) >= 11 is 0. The zero-order valence-electron chi connectivity index (χ0n) is 2.43. The average Bonchev–Trinajstić information content (AvgIpc) is 1.50. The van der Waals surface area contributed by atoms with Crippen molar-refractivity contribution in [3.05, 3.63) is 0 Å². The molecule has 0 heterocycles. The maximum absolute atomic E-state index is 8.25. The maximum atomic E-state index is 8.25. The molecule has 0 atom stereocenters. The highest BCUT2D eigenvalue weighted by molar-refractivity contribution is 3.16. The van der Waals surface area contributed by atoms with Crippen molar-refractivity contribution < 1.29 is 10.3 Å². The zero-order valence-corrected chi connectivity index (χ0v) is 2.43. The van der Waals surface area contributed by atoms with Gasteiger partial charge in [-0.2, -0.15) is 0 Å².